The fraction of sp³-hybridized carbons (Fsp3) is 0.600. The first-order valence-corrected chi connectivity index (χ1v) is 7.69. The zero-order chi connectivity index (χ0) is 12.8. The van der Waals surface area contributed by atoms with Gasteiger partial charge in [-0.05, 0) is 24.5 Å². The normalized spacial score (nSPS) is 17.3. The molecule has 0 heterocycles. The largest absolute Gasteiger partial charge is 0.395 e. The van der Waals surface area contributed by atoms with Gasteiger partial charge in [0.1, 0.15) is 0 Å². The summed E-state index contributed by atoms with van der Waals surface area (Å²) in [4.78, 5) is 2.44. The van der Waals surface area contributed by atoms with Crippen LogP contribution in [0.1, 0.15) is 37.7 Å². The van der Waals surface area contributed by atoms with Gasteiger partial charge in [0.25, 0.3) is 0 Å². The maximum Gasteiger partial charge on any atom is 0.0558 e. The summed E-state index contributed by atoms with van der Waals surface area (Å²) in [7, 11) is 0. The van der Waals surface area contributed by atoms with Crippen molar-refractivity contribution in [2.24, 2.45) is 0 Å². The summed E-state index contributed by atoms with van der Waals surface area (Å²) in [6.45, 7) is 1.97. The highest BCUT2D eigenvalue weighted by Crippen LogP contribution is 2.25. The fourth-order valence-corrected chi connectivity index (χ4v) is 3.22. The van der Waals surface area contributed by atoms with E-state index in [1.54, 1.807) is 0 Å². The van der Waals surface area contributed by atoms with Crippen molar-refractivity contribution in [1.29, 1.82) is 0 Å². The standard InChI is InChI=1S/C15H22BrNO/c16-15-9-5-4-6-13(15)12-17(10-11-18)14-7-2-1-3-8-14/h4-6,9,14,18H,1-3,7-8,10-12H2. The first-order valence-electron chi connectivity index (χ1n) is 6.89. The van der Waals surface area contributed by atoms with Gasteiger partial charge < -0.3 is 5.11 Å². The molecule has 0 atom stereocenters. The second-order valence-corrected chi connectivity index (χ2v) is 5.93. The minimum absolute atomic E-state index is 0.251. The number of nitrogens with zero attached hydrogens (tertiary/aromatic N) is 1. The van der Waals surface area contributed by atoms with Crippen LogP contribution in [0.2, 0.25) is 0 Å². The van der Waals surface area contributed by atoms with E-state index in [-0.39, 0.29) is 6.61 Å². The smallest absolute Gasteiger partial charge is 0.0558 e. The van der Waals surface area contributed by atoms with E-state index in [1.165, 1.54) is 42.1 Å². The number of hydrogen-bond acceptors (Lipinski definition) is 2. The van der Waals surface area contributed by atoms with Crippen LogP contribution in [0.15, 0.2) is 28.7 Å². The van der Waals surface area contributed by atoms with E-state index < -0.39 is 0 Å². The highest BCUT2D eigenvalue weighted by molar-refractivity contribution is 9.10. The molecular formula is C15H22BrNO. The third kappa shape index (κ3) is 3.81. The SMILES string of the molecule is OCCN(Cc1ccccc1Br)C1CCCCC1. The van der Waals surface area contributed by atoms with Gasteiger partial charge in [-0.2, -0.15) is 0 Å². The molecule has 2 nitrogen and oxygen atoms in total. The Balaban J connectivity index is 2.03. The van der Waals surface area contributed by atoms with Gasteiger partial charge >= 0.3 is 0 Å². The van der Waals surface area contributed by atoms with Gasteiger partial charge in [-0.15, -0.1) is 0 Å². The summed E-state index contributed by atoms with van der Waals surface area (Å²) in [5.74, 6) is 0. The van der Waals surface area contributed by atoms with E-state index in [2.05, 4.69) is 39.0 Å². The van der Waals surface area contributed by atoms with E-state index in [9.17, 15) is 5.11 Å². The highest BCUT2D eigenvalue weighted by atomic mass is 79.9. The number of aliphatic hydroxyl groups is 1. The molecule has 2 rings (SSSR count). The zero-order valence-corrected chi connectivity index (χ0v) is 12.4. The van der Waals surface area contributed by atoms with Crippen LogP contribution in [0.3, 0.4) is 0 Å². The molecule has 1 N–H and O–H groups in total. The molecule has 0 aromatic heterocycles. The molecule has 1 saturated carbocycles. The molecule has 100 valence electrons. The second kappa shape index (κ2) is 7.27. The van der Waals surface area contributed by atoms with Gasteiger partial charge in [0, 0.05) is 23.6 Å². The molecule has 1 aliphatic rings. The van der Waals surface area contributed by atoms with Crippen molar-refractivity contribution >= 4 is 15.9 Å². The molecule has 0 bridgehead atoms. The zero-order valence-electron chi connectivity index (χ0n) is 10.8. The number of hydrogen-bond donors (Lipinski definition) is 1. The molecule has 1 fully saturated rings. The van der Waals surface area contributed by atoms with E-state index in [0.717, 1.165) is 13.1 Å². The monoisotopic (exact) mass is 311 g/mol. The Morgan fingerprint density at radius 3 is 2.56 bits per heavy atom. The Bertz CT molecular complexity index is 363. The van der Waals surface area contributed by atoms with Gasteiger partial charge in [0.15, 0.2) is 0 Å². The Kier molecular flexibility index (Phi) is 5.67. The Morgan fingerprint density at radius 1 is 1.17 bits per heavy atom. The summed E-state index contributed by atoms with van der Waals surface area (Å²) < 4.78 is 1.17. The summed E-state index contributed by atoms with van der Waals surface area (Å²) in [6.07, 6.45) is 6.61. The first kappa shape index (κ1) is 14.0. The average molecular weight is 312 g/mol. The maximum absolute atomic E-state index is 9.26. The lowest BCUT2D eigenvalue weighted by molar-refractivity contribution is 0.117. The van der Waals surface area contributed by atoms with Gasteiger partial charge in [-0.25, -0.2) is 0 Å². The molecule has 0 saturated heterocycles. The average Bonchev–Trinajstić information content (AvgIpc) is 2.42. The van der Waals surface area contributed by atoms with Crippen LogP contribution in [0, 0.1) is 0 Å². The minimum Gasteiger partial charge on any atom is -0.395 e. The quantitative estimate of drug-likeness (QED) is 0.898. The second-order valence-electron chi connectivity index (χ2n) is 5.08. The molecule has 18 heavy (non-hydrogen) atoms. The van der Waals surface area contributed by atoms with Crippen LogP contribution >= 0.6 is 15.9 Å². The van der Waals surface area contributed by atoms with Crippen LogP contribution in [-0.2, 0) is 6.54 Å². The lowest BCUT2D eigenvalue weighted by Gasteiger charge is -2.34. The van der Waals surface area contributed by atoms with Gasteiger partial charge in [-0.1, -0.05) is 53.4 Å². The Hall–Kier alpha value is -0.380. The number of benzene rings is 1. The summed E-state index contributed by atoms with van der Waals surface area (Å²) in [5.41, 5.74) is 1.32. The van der Waals surface area contributed by atoms with Crippen LogP contribution in [0.25, 0.3) is 0 Å². The molecule has 3 heteroatoms. The van der Waals surface area contributed by atoms with Crippen molar-refractivity contribution in [3.63, 3.8) is 0 Å². The number of rotatable bonds is 5. The summed E-state index contributed by atoms with van der Waals surface area (Å²) >= 11 is 3.61. The molecular weight excluding hydrogens is 290 g/mol. The molecule has 1 aromatic rings. The Morgan fingerprint density at radius 2 is 1.89 bits per heavy atom. The van der Waals surface area contributed by atoms with Crippen molar-refractivity contribution in [2.75, 3.05) is 13.2 Å². The van der Waals surface area contributed by atoms with E-state index in [0.29, 0.717) is 6.04 Å². The molecule has 0 radical (unpaired) electrons. The summed E-state index contributed by atoms with van der Waals surface area (Å²) in [5, 5.41) is 9.26. The van der Waals surface area contributed by atoms with E-state index in [4.69, 9.17) is 0 Å². The number of halogens is 1. The summed E-state index contributed by atoms with van der Waals surface area (Å²) in [6, 6.07) is 9.03. The van der Waals surface area contributed by atoms with Gasteiger partial charge in [0.2, 0.25) is 0 Å². The van der Waals surface area contributed by atoms with Gasteiger partial charge in [-0.3, -0.25) is 4.90 Å². The molecule has 1 aromatic carbocycles. The highest BCUT2D eigenvalue weighted by Gasteiger charge is 2.21. The van der Waals surface area contributed by atoms with Crippen LogP contribution in [0.4, 0.5) is 0 Å². The van der Waals surface area contributed by atoms with Crippen molar-refractivity contribution < 1.29 is 5.11 Å². The van der Waals surface area contributed by atoms with Crippen LogP contribution in [0.5, 0.6) is 0 Å². The van der Waals surface area contributed by atoms with Gasteiger partial charge in [0.05, 0.1) is 6.61 Å². The first-order chi connectivity index (χ1) is 8.81. The van der Waals surface area contributed by atoms with Crippen LogP contribution < -0.4 is 0 Å². The van der Waals surface area contributed by atoms with Crippen LogP contribution in [-0.4, -0.2) is 29.2 Å². The predicted molar refractivity (Wildman–Crippen MR) is 78.5 cm³/mol. The lowest BCUT2D eigenvalue weighted by Crippen LogP contribution is -2.38. The predicted octanol–water partition coefficient (Wildman–Crippen LogP) is 3.58. The van der Waals surface area contributed by atoms with E-state index in [1.807, 2.05) is 6.07 Å². The Labute approximate surface area is 118 Å². The van der Waals surface area contributed by atoms with E-state index >= 15 is 0 Å². The molecule has 1 aliphatic carbocycles. The van der Waals surface area contributed by atoms with Crippen molar-refractivity contribution in [3.05, 3.63) is 34.3 Å². The molecule has 0 spiro atoms. The van der Waals surface area contributed by atoms with Crippen molar-refractivity contribution in [1.82, 2.24) is 4.90 Å². The molecule has 0 aliphatic heterocycles. The van der Waals surface area contributed by atoms with Crippen molar-refractivity contribution in [2.45, 2.75) is 44.7 Å². The third-order valence-electron chi connectivity index (χ3n) is 3.81. The topological polar surface area (TPSA) is 23.5 Å². The molecule has 0 amide bonds. The lowest BCUT2D eigenvalue weighted by atomic mass is 9.94. The maximum atomic E-state index is 9.26. The third-order valence-corrected chi connectivity index (χ3v) is 4.58. The molecule has 0 unspecified atom stereocenters. The number of aliphatic hydroxyl groups excluding tert-OH is 1. The minimum atomic E-state index is 0.251. The van der Waals surface area contributed by atoms with Crippen molar-refractivity contribution in [3.8, 4) is 0 Å². The fourth-order valence-electron chi connectivity index (χ4n) is 2.81.